The molecule has 0 saturated heterocycles. The highest BCUT2D eigenvalue weighted by atomic mass is 32.2. The van der Waals surface area contributed by atoms with Crippen molar-refractivity contribution >= 4 is 11.2 Å². The molecular weight excluding hydrogens is 210 g/mol. The molecule has 0 rings (SSSR count). The second-order valence-corrected chi connectivity index (χ2v) is 3.42. The van der Waals surface area contributed by atoms with Gasteiger partial charge < -0.3 is 4.55 Å². The van der Waals surface area contributed by atoms with Crippen LogP contribution in [0.5, 0.6) is 0 Å². The standard InChI is InChI=1S/C4H4F6OS/c5-3(6,7)1-12(11)2-4(8,9)10/h1-2H2. The lowest BCUT2D eigenvalue weighted by atomic mass is 10.8. The molecule has 0 amide bonds. The SMILES string of the molecule is [O-][S+](CC(F)(F)F)CC(F)(F)F. The predicted octanol–water partition coefficient (Wildman–Crippen LogP) is 1.86. The van der Waals surface area contributed by atoms with Gasteiger partial charge in [0.2, 0.25) is 11.5 Å². The molecule has 0 aromatic heterocycles. The second kappa shape index (κ2) is 3.73. The normalized spacial score (nSPS) is 14.0. The lowest BCUT2D eigenvalue weighted by Crippen LogP contribution is -2.31. The van der Waals surface area contributed by atoms with E-state index in [0.717, 1.165) is 0 Å². The van der Waals surface area contributed by atoms with E-state index in [2.05, 4.69) is 0 Å². The predicted molar refractivity (Wildman–Crippen MR) is 30.0 cm³/mol. The van der Waals surface area contributed by atoms with E-state index in [1.807, 2.05) is 0 Å². The number of halogens is 6. The lowest BCUT2D eigenvalue weighted by Gasteiger charge is -2.14. The zero-order chi connectivity index (χ0) is 9.99. The monoisotopic (exact) mass is 214 g/mol. The molecule has 0 heterocycles. The molecule has 0 aliphatic heterocycles. The Bertz CT molecular complexity index is 123. The fourth-order valence-electron chi connectivity index (χ4n) is 0.416. The van der Waals surface area contributed by atoms with Crippen LogP contribution in [-0.4, -0.2) is 28.4 Å². The van der Waals surface area contributed by atoms with Gasteiger partial charge in [0, 0.05) is 0 Å². The molecule has 0 aliphatic carbocycles. The number of hydrogen-bond acceptors (Lipinski definition) is 1. The molecule has 0 N–H and O–H groups in total. The van der Waals surface area contributed by atoms with Crippen LogP contribution < -0.4 is 0 Å². The van der Waals surface area contributed by atoms with Crippen LogP contribution in [0.3, 0.4) is 0 Å². The number of alkyl halides is 6. The Morgan fingerprint density at radius 3 is 1.25 bits per heavy atom. The van der Waals surface area contributed by atoms with Crippen molar-refractivity contribution in [3.05, 3.63) is 0 Å². The van der Waals surface area contributed by atoms with Crippen LogP contribution in [0.25, 0.3) is 0 Å². The highest BCUT2D eigenvalue weighted by Gasteiger charge is 2.41. The van der Waals surface area contributed by atoms with Crippen LogP contribution in [0.15, 0.2) is 0 Å². The first-order chi connectivity index (χ1) is 5.10. The van der Waals surface area contributed by atoms with Gasteiger partial charge >= 0.3 is 12.4 Å². The van der Waals surface area contributed by atoms with Crippen molar-refractivity contribution in [1.82, 2.24) is 0 Å². The molecule has 12 heavy (non-hydrogen) atoms. The van der Waals surface area contributed by atoms with Gasteiger partial charge in [-0.05, 0) is 11.2 Å². The first-order valence-corrected chi connectivity index (χ1v) is 4.07. The summed E-state index contributed by atoms with van der Waals surface area (Å²) in [5.74, 6) is -3.82. The average molecular weight is 214 g/mol. The van der Waals surface area contributed by atoms with Gasteiger partial charge in [-0.1, -0.05) is 0 Å². The third-order valence-corrected chi connectivity index (χ3v) is 1.95. The van der Waals surface area contributed by atoms with E-state index in [4.69, 9.17) is 0 Å². The summed E-state index contributed by atoms with van der Waals surface area (Å²) in [6.07, 6.45) is -9.62. The quantitative estimate of drug-likeness (QED) is 0.508. The summed E-state index contributed by atoms with van der Waals surface area (Å²) in [6, 6.07) is 0. The van der Waals surface area contributed by atoms with Gasteiger partial charge in [0.1, 0.15) is 0 Å². The smallest absolute Gasteiger partial charge is 0.433 e. The van der Waals surface area contributed by atoms with Crippen molar-refractivity contribution in [2.45, 2.75) is 12.4 Å². The summed E-state index contributed by atoms with van der Waals surface area (Å²) in [5.41, 5.74) is 0. The molecule has 74 valence electrons. The number of rotatable bonds is 2. The van der Waals surface area contributed by atoms with Gasteiger partial charge in [0.05, 0.1) is 0 Å². The summed E-state index contributed by atoms with van der Waals surface area (Å²) < 4.78 is 78.1. The average Bonchev–Trinajstić information content (AvgIpc) is 1.49. The van der Waals surface area contributed by atoms with E-state index in [0.29, 0.717) is 0 Å². The Labute approximate surface area is 66.9 Å². The fraction of sp³-hybridized carbons (Fsp3) is 1.00. The maximum Gasteiger partial charge on any atom is 0.433 e. The molecule has 0 radical (unpaired) electrons. The van der Waals surface area contributed by atoms with E-state index in [1.165, 1.54) is 0 Å². The Hall–Kier alpha value is -0.110. The molecule has 1 nitrogen and oxygen atoms in total. The van der Waals surface area contributed by atoms with Crippen LogP contribution in [0, 0.1) is 0 Å². The van der Waals surface area contributed by atoms with Crippen molar-refractivity contribution in [2.75, 3.05) is 11.5 Å². The van der Waals surface area contributed by atoms with Crippen molar-refractivity contribution in [2.24, 2.45) is 0 Å². The zero-order valence-electron chi connectivity index (χ0n) is 5.50. The molecule has 0 aliphatic rings. The largest absolute Gasteiger partial charge is 0.616 e. The molecule has 0 unspecified atom stereocenters. The van der Waals surface area contributed by atoms with E-state index in [9.17, 15) is 30.9 Å². The summed E-state index contributed by atoms with van der Waals surface area (Å²) in [7, 11) is 0. The number of hydrogen-bond donors (Lipinski definition) is 0. The minimum absolute atomic E-state index is 1.91. The molecule has 0 spiro atoms. The van der Waals surface area contributed by atoms with Crippen LogP contribution in [0.4, 0.5) is 26.3 Å². The van der Waals surface area contributed by atoms with Crippen LogP contribution in [0.1, 0.15) is 0 Å². The summed E-state index contributed by atoms with van der Waals surface area (Å²) in [5, 5.41) is 0. The van der Waals surface area contributed by atoms with Crippen molar-refractivity contribution in [3.63, 3.8) is 0 Å². The highest BCUT2D eigenvalue weighted by Crippen LogP contribution is 2.23. The summed E-state index contributed by atoms with van der Waals surface area (Å²) in [4.78, 5) is 0. The van der Waals surface area contributed by atoms with E-state index in [-0.39, 0.29) is 0 Å². The summed E-state index contributed by atoms with van der Waals surface area (Å²) in [6.45, 7) is 0. The van der Waals surface area contributed by atoms with Gasteiger partial charge in [0.15, 0.2) is 0 Å². The van der Waals surface area contributed by atoms with Gasteiger partial charge in [-0.25, -0.2) is 0 Å². The summed E-state index contributed by atoms with van der Waals surface area (Å²) >= 11 is -2.91. The maximum absolute atomic E-state index is 11.3. The Balaban J connectivity index is 3.83. The van der Waals surface area contributed by atoms with Gasteiger partial charge in [-0.2, -0.15) is 26.3 Å². The van der Waals surface area contributed by atoms with Gasteiger partial charge in [-0.15, -0.1) is 0 Å². The second-order valence-electron chi connectivity index (χ2n) is 1.96. The molecule has 0 atom stereocenters. The molecular formula is C4H4F6OS. The Kier molecular flexibility index (Phi) is 3.70. The van der Waals surface area contributed by atoms with E-state index < -0.39 is 35.0 Å². The third-order valence-electron chi connectivity index (χ3n) is 0.649. The maximum atomic E-state index is 11.3. The molecule has 0 saturated carbocycles. The first-order valence-electron chi connectivity index (χ1n) is 2.59. The van der Waals surface area contributed by atoms with E-state index >= 15 is 0 Å². The molecule has 0 aromatic carbocycles. The minimum Gasteiger partial charge on any atom is -0.616 e. The molecule has 0 bridgehead atoms. The topological polar surface area (TPSA) is 23.1 Å². The van der Waals surface area contributed by atoms with Gasteiger partial charge in [0.25, 0.3) is 0 Å². The van der Waals surface area contributed by atoms with Gasteiger partial charge in [-0.3, -0.25) is 0 Å². The van der Waals surface area contributed by atoms with Crippen molar-refractivity contribution in [1.29, 1.82) is 0 Å². The van der Waals surface area contributed by atoms with Crippen molar-refractivity contribution < 1.29 is 30.9 Å². The Morgan fingerprint density at radius 1 is 0.833 bits per heavy atom. The van der Waals surface area contributed by atoms with Crippen molar-refractivity contribution in [3.8, 4) is 0 Å². The lowest BCUT2D eigenvalue weighted by molar-refractivity contribution is -0.112. The fourth-order valence-corrected chi connectivity index (χ4v) is 1.25. The molecule has 0 fully saturated rings. The first kappa shape index (κ1) is 11.9. The highest BCUT2D eigenvalue weighted by molar-refractivity contribution is 7.91. The molecule has 0 aromatic rings. The van der Waals surface area contributed by atoms with Crippen LogP contribution in [0.2, 0.25) is 0 Å². The van der Waals surface area contributed by atoms with E-state index in [1.54, 1.807) is 0 Å². The zero-order valence-corrected chi connectivity index (χ0v) is 6.31. The Morgan fingerprint density at radius 2 is 1.08 bits per heavy atom. The van der Waals surface area contributed by atoms with Crippen LogP contribution in [-0.2, 0) is 11.2 Å². The minimum atomic E-state index is -4.81. The third kappa shape index (κ3) is 7.99. The van der Waals surface area contributed by atoms with Crippen LogP contribution >= 0.6 is 0 Å². The molecule has 8 heteroatoms.